The molecule has 0 saturated carbocycles. The lowest BCUT2D eigenvalue weighted by atomic mass is 10.1. The van der Waals surface area contributed by atoms with Gasteiger partial charge in [-0.2, -0.15) is 0 Å². The van der Waals surface area contributed by atoms with Crippen molar-refractivity contribution < 1.29 is 18.8 Å². The molecule has 2 aliphatic rings. The van der Waals surface area contributed by atoms with Crippen LogP contribution in [0.1, 0.15) is 108 Å². The van der Waals surface area contributed by atoms with Crippen molar-refractivity contribution in [1.29, 1.82) is 0 Å². The predicted octanol–water partition coefficient (Wildman–Crippen LogP) is 6.58. The van der Waals surface area contributed by atoms with Gasteiger partial charge in [-0.1, -0.05) is 75.4 Å². The lowest BCUT2D eigenvalue weighted by molar-refractivity contribution is -0.396. The molecule has 1 aromatic rings. The van der Waals surface area contributed by atoms with Crippen LogP contribution in [0.3, 0.4) is 0 Å². The van der Waals surface area contributed by atoms with Crippen molar-refractivity contribution in [2.45, 2.75) is 110 Å². The van der Waals surface area contributed by atoms with E-state index in [9.17, 15) is 19.5 Å². The normalized spacial score (nSPS) is 15.6. The summed E-state index contributed by atoms with van der Waals surface area (Å²) in [4.78, 5) is 29.5. The fourth-order valence-corrected chi connectivity index (χ4v) is 7.14. The second-order valence-corrected chi connectivity index (χ2v) is 13.7. The van der Waals surface area contributed by atoms with Crippen LogP contribution < -0.4 is 0 Å². The van der Waals surface area contributed by atoms with Gasteiger partial charge in [0.15, 0.2) is 5.69 Å². The molecule has 2 aliphatic heterocycles. The molecular formula is C29H51N6O5P. The number of carbonyl (C=O) groups is 1. The predicted molar refractivity (Wildman–Crippen MR) is 161 cm³/mol. The van der Waals surface area contributed by atoms with Gasteiger partial charge < -0.3 is 15.0 Å². The zero-order valence-electron chi connectivity index (χ0n) is 25.5. The highest BCUT2D eigenvalue weighted by molar-refractivity contribution is 7.54. The Morgan fingerprint density at radius 3 is 2.05 bits per heavy atom. The van der Waals surface area contributed by atoms with Gasteiger partial charge in [-0.25, -0.2) is 13.9 Å². The standard InChI is InChI=1S/C29H51N6O5P/c1-4-5-6-7-8-9-10-11-12-13-14-15-16-17-18-19-28(36)31(2)24-26-27(32(3)29(30-26)35(37)38)25-40-41(39,33-20-21-33)34-22-23-34/h11-12H,4-10,13-25H2,1-3H3/b12-11+. The maximum atomic E-state index is 13.3. The highest BCUT2D eigenvalue weighted by atomic mass is 31.2. The molecule has 0 unspecified atom stereocenters. The summed E-state index contributed by atoms with van der Waals surface area (Å²) in [5.41, 5.74) is 0.879. The molecule has 41 heavy (non-hydrogen) atoms. The number of carbonyl (C=O) groups excluding carboxylic acids is 1. The molecule has 1 aromatic heterocycles. The summed E-state index contributed by atoms with van der Waals surface area (Å²) in [6.45, 7) is 5.22. The molecule has 232 valence electrons. The van der Waals surface area contributed by atoms with Crippen molar-refractivity contribution in [3.8, 4) is 0 Å². The number of rotatable bonds is 23. The minimum atomic E-state index is -3.08. The number of nitro groups is 1. The molecule has 0 bridgehead atoms. The summed E-state index contributed by atoms with van der Waals surface area (Å²) >= 11 is 0. The van der Waals surface area contributed by atoms with Crippen molar-refractivity contribution in [3.05, 3.63) is 33.7 Å². The maximum absolute atomic E-state index is 13.3. The van der Waals surface area contributed by atoms with Gasteiger partial charge in [-0.3, -0.25) is 13.9 Å². The molecule has 2 fully saturated rings. The summed E-state index contributed by atoms with van der Waals surface area (Å²) < 4.78 is 24.2. The molecule has 2 saturated heterocycles. The van der Waals surface area contributed by atoms with E-state index in [1.165, 1.54) is 62.4 Å². The molecule has 3 heterocycles. The third-order valence-electron chi connectivity index (χ3n) is 7.83. The first-order valence-electron chi connectivity index (χ1n) is 15.6. The third-order valence-corrected chi connectivity index (χ3v) is 10.5. The Kier molecular flexibility index (Phi) is 14.0. The molecule has 3 rings (SSSR count). The lowest BCUT2D eigenvalue weighted by Crippen LogP contribution is -2.26. The molecule has 12 heteroatoms. The van der Waals surface area contributed by atoms with Crippen molar-refractivity contribution in [3.63, 3.8) is 0 Å². The Labute approximate surface area is 246 Å². The van der Waals surface area contributed by atoms with Crippen LogP contribution in [0.15, 0.2) is 12.2 Å². The van der Waals surface area contributed by atoms with E-state index in [1.807, 2.05) is 0 Å². The summed E-state index contributed by atoms with van der Waals surface area (Å²) in [6.07, 6.45) is 20.8. The molecule has 0 radical (unpaired) electrons. The van der Waals surface area contributed by atoms with Gasteiger partial charge in [0.05, 0.1) is 13.6 Å². The van der Waals surface area contributed by atoms with Gasteiger partial charge in [0, 0.05) is 39.6 Å². The number of amides is 1. The molecule has 0 aliphatic carbocycles. The Balaban J connectivity index is 1.34. The largest absolute Gasteiger partial charge is 0.434 e. The van der Waals surface area contributed by atoms with E-state index in [0.29, 0.717) is 17.8 Å². The number of aromatic nitrogens is 2. The lowest BCUT2D eigenvalue weighted by Gasteiger charge is -2.20. The van der Waals surface area contributed by atoms with Crippen LogP contribution in [0.25, 0.3) is 0 Å². The van der Waals surface area contributed by atoms with Crippen LogP contribution in [0, 0.1) is 10.1 Å². The van der Waals surface area contributed by atoms with E-state index < -0.39 is 12.6 Å². The number of imidazole rings is 1. The van der Waals surface area contributed by atoms with Gasteiger partial charge in [0.2, 0.25) is 5.91 Å². The van der Waals surface area contributed by atoms with Crippen LogP contribution in [0.4, 0.5) is 5.95 Å². The third kappa shape index (κ3) is 10.9. The van der Waals surface area contributed by atoms with Crippen LogP contribution in [-0.4, -0.2) is 67.8 Å². The van der Waals surface area contributed by atoms with E-state index in [1.54, 1.807) is 28.3 Å². The topological polar surface area (TPSA) is 114 Å². The average Bonchev–Trinajstić information content (AvgIpc) is 3.86. The number of hydrogen-bond donors (Lipinski definition) is 0. The Morgan fingerprint density at radius 2 is 1.51 bits per heavy atom. The highest BCUT2D eigenvalue weighted by Crippen LogP contribution is 2.61. The van der Waals surface area contributed by atoms with Crippen LogP contribution in [0.2, 0.25) is 0 Å². The molecule has 0 spiro atoms. The number of allylic oxidation sites excluding steroid dienone is 2. The van der Waals surface area contributed by atoms with Gasteiger partial charge in [0.1, 0.15) is 12.3 Å². The fourth-order valence-electron chi connectivity index (χ4n) is 4.98. The van der Waals surface area contributed by atoms with Crippen LogP contribution >= 0.6 is 7.67 Å². The molecule has 0 N–H and O–H groups in total. The summed E-state index contributed by atoms with van der Waals surface area (Å²) in [5.74, 6) is -0.327. The van der Waals surface area contributed by atoms with Gasteiger partial charge in [0.25, 0.3) is 0 Å². The van der Waals surface area contributed by atoms with Crippen molar-refractivity contribution >= 4 is 19.5 Å². The number of nitrogens with zero attached hydrogens (tertiary/aromatic N) is 6. The summed E-state index contributed by atoms with van der Waals surface area (Å²) in [7, 11) is 0.169. The Morgan fingerprint density at radius 1 is 0.976 bits per heavy atom. The zero-order chi connectivity index (χ0) is 29.7. The first-order chi connectivity index (χ1) is 19.8. The van der Waals surface area contributed by atoms with Crippen molar-refractivity contribution in [2.24, 2.45) is 7.05 Å². The molecule has 0 aromatic carbocycles. The Bertz CT molecular complexity index is 1040. The average molecular weight is 595 g/mol. The van der Waals surface area contributed by atoms with E-state index in [2.05, 4.69) is 24.1 Å². The monoisotopic (exact) mass is 594 g/mol. The molecule has 11 nitrogen and oxygen atoms in total. The van der Waals surface area contributed by atoms with Crippen LogP contribution in [0.5, 0.6) is 0 Å². The molecular weight excluding hydrogens is 543 g/mol. The minimum absolute atomic E-state index is 0.0124. The van der Waals surface area contributed by atoms with E-state index in [-0.39, 0.29) is 25.0 Å². The number of unbranched alkanes of at least 4 members (excludes halogenated alkanes) is 11. The highest BCUT2D eigenvalue weighted by Gasteiger charge is 2.49. The van der Waals surface area contributed by atoms with Crippen molar-refractivity contribution in [2.75, 3.05) is 33.2 Å². The zero-order valence-corrected chi connectivity index (χ0v) is 26.4. The maximum Gasteiger partial charge on any atom is 0.434 e. The second kappa shape index (κ2) is 17.1. The SMILES string of the molecule is CCCCCCCC/C=C/CCCCCCCC(=O)N(C)Cc1nc([N+](=O)[O-])n(C)c1COP(=O)(N1CC1)N1CC1. The van der Waals surface area contributed by atoms with E-state index in [4.69, 9.17) is 4.52 Å². The fraction of sp³-hybridized carbons (Fsp3) is 0.793. The summed E-state index contributed by atoms with van der Waals surface area (Å²) in [5, 5.41) is 11.5. The van der Waals surface area contributed by atoms with E-state index >= 15 is 0 Å². The smallest absolute Gasteiger partial charge is 0.390 e. The quantitative estimate of drug-likeness (QED) is 0.0349. The van der Waals surface area contributed by atoms with Crippen molar-refractivity contribution in [1.82, 2.24) is 23.8 Å². The first-order valence-corrected chi connectivity index (χ1v) is 17.1. The minimum Gasteiger partial charge on any atom is -0.390 e. The van der Waals surface area contributed by atoms with Gasteiger partial charge in [-0.05, 0) is 37.0 Å². The number of hydrogen-bond acceptors (Lipinski definition) is 6. The molecule has 1 amide bonds. The van der Waals surface area contributed by atoms with Crippen LogP contribution in [-0.2, 0) is 34.1 Å². The first kappa shape index (κ1) is 33.4. The molecule has 0 atom stereocenters. The van der Waals surface area contributed by atoms with E-state index in [0.717, 1.165) is 51.9 Å². The second-order valence-electron chi connectivity index (χ2n) is 11.4. The van der Waals surface area contributed by atoms with Gasteiger partial charge in [-0.15, -0.1) is 0 Å². The Hall–Kier alpha value is -2.07. The van der Waals surface area contributed by atoms with Gasteiger partial charge >= 0.3 is 13.6 Å². The summed E-state index contributed by atoms with van der Waals surface area (Å²) in [6, 6.07) is 0.